The Balaban J connectivity index is 0.00000161. The van der Waals surface area contributed by atoms with E-state index in [2.05, 4.69) is 17.2 Å². The van der Waals surface area contributed by atoms with Crippen molar-refractivity contribution in [2.24, 2.45) is 0 Å². The first-order valence-electron chi connectivity index (χ1n) is 7.64. The molecule has 21 heavy (non-hydrogen) atoms. The number of nitrogens with zero attached hydrogens (tertiary/aromatic N) is 1. The Labute approximate surface area is 128 Å². The van der Waals surface area contributed by atoms with Gasteiger partial charge in [-0.1, -0.05) is 30.7 Å². The largest absolute Gasteiger partial charge is 0.399 e. The van der Waals surface area contributed by atoms with Crippen LogP contribution >= 0.6 is 0 Å². The minimum absolute atomic E-state index is 0. The Bertz CT molecular complexity index is 492. The summed E-state index contributed by atoms with van der Waals surface area (Å²) in [5.41, 5.74) is 11.3. The van der Waals surface area contributed by atoms with Gasteiger partial charge in [0.05, 0.1) is 13.2 Å². The molecule has 0 spiro atoms. The molecule has 0 bridgehead atoms. The van der Waals surface area contributed by atoms with Crippen molar-refractivity contribution >= 4 is 5.69 Å². The topological polar surface area (TPSA) is 38.5 Å². The summed E-state index contributed by atoms with van der Waals surface area (Å²) in [5, 5.41) is 2.17. The number of anilines is 1. The van der Waals surface area contributed by atoms with Crippen molar-refractivity contribution in [3.8, 4) is 0 Å². The number of hydrogen-bond acceptors (Lipinski definition) is 3. The van der Waals surface area contributed by atoms with Crippen LogP contribution in [0.15, 0.2) is 35.4 Å². The normalized spacial score (nSPS) is 22.6. The molecule has 3 rings (SSSR count). The predicted molar refractivity (Wildman–Crippen MR) is 88.9 cm³/mol. The van der Waals surface area contributed by atoms with Crippen molar-refractivity contribution < 1.29 is 4.84 Å². The molecule has 1 aromatic rings. The molecule has 0 unspecified atom stereocenters. The second kappa shape index (κ2) is 7.10. The van der Waals surface area contributed by atoms with Crippen LogP contribution in [0.4, 0.5) is 5.69 Å². The summed E-state index contributed by atoms with van der Waals surface area (Å²) in [4.78, 5) is 5.62. The molecular formula is C18H28N2O. The fraction of sp³-hybridized carbons (Fsp3) is 0.556. The highest BCUT2D eigenvalue weighted by Gasteiger charge is 2.30. The molecule has 1 atom stereocenters. The number of rotatable bonds is 3. The van der Waals surface area contributed by atoms with Gasteiger partial charge < -0.3 is 10.6 Å². The van der Waals surface area contributed by atoms with Crippen molar-refractivity contribution in [1.82, 2.24) is 5.06 Å². The molecule has 1 heterocycles. The van der Waals surface area contributed by atoms with Crippen LogP contribution < -0.4 is 5.73 Å². The van der Waals surface area contributed by atoms with Crippen LogP contribution in [0, 0.1) is 0 Å². The molecule has 2 aliphatic rings. The third-order valence-corrected chi connectivity index (χ3v) is 4.66. The van der Waals surface area contributed by atoms with Gasteiger partial charge in [0, 0.05) is 12.2 Å². The Kier molecular flexibility index (Phi) is 5.43. The maximum atomic E-state index is 5.78. The van der Waals surface area contributed by atoms with Crippen LogP contribution in [-0.4, -0.2) is 24.8 Å². The summed E-state index contributed by atoms with van der Waals surface area (Å²) < 4.78 is 0. The molecule has 0 saturated heterocycles. The summed E-state index contributed by atoms with van der Waals surface area (Å²) >= 11 is 0. The first kappa shape index (κ1) is 16.1. The van der Waals surface area contributed by atoms with Crippen LogP contribution in [0.2, 0.25) is 0 Å². The lowest BCUT2D eigenvalue weighted by atomic mass is 9.81. The highest BCUT2D eigenvalue weighted by molar-refractivity contribution is 5.40. The summed E-state index contributed by atoms with van der Waals surface area (Å²) in [5.74, 6) is 0. The zero-order valence-electron chi connectivity index (χ0n) is 12.3. The van der Waals surface area contributed by atoms with Crippen LogP contribution in [0.1, 0.15) is 45.1 Å². The average molecular weight is 288 g/mol. The Morgan fingerprint density at radius 3 is 2.57 bits per heavy atom. The van der Waals surface area contributed by atoms with E-state index in [1.165, 1.54) is 37.7 Å². The van der Waals surface area contributed by atoms with Crippen molar-refractivity contribution in [3.63, 3.8) is 0 Å². The molecule has 3 nitrogen and oxygen atoms in total. The molecule has 1 aromatic carbocycles. The number of hydroxylamine groups is 2. The smallest absolute Gasteiger partial charge is 0.0604 e. The zero-order chi connectivity index (χ0) is 13.9. The van der Waals surface area contributed by atoms with E-state index in [0.29, 0.717) is 6.04 Å². The van der Waals surface area contributed by atoms with Crippen LogP contribution in [0.25, 0.3) is 0 Å². The van der Waals surface area contributed by atoms with E-state index in [-0.39, 0.29) is 7.43 Å². The van der Waals surface area contributed by atoms with E-state index in [9.17, 15) is 0 Å². The van der Waals surface area contributed by atoms with Crippen LogP contribution in [0.3, 0.4) is 0 Å². The molecular weight excluding hydrogens is 260 g/mol. The van der Waals surface area contributed by atoms with E-state index in [1.807, 2.05) is 12.1 Å². The number of nitrogens with two attached hydrogens (primary N) is 1. The Morgan fingerprint density at radius 2 is 1.86 bits per heavy atom. The minimum atomic E-state index is 0. The van der Waals surface area contributed by atoms with Gasteiger partial charge >= 0.3 is 0 Å². The molecule has 1 aliphatic heterocycles. The first-order valence-corrected chi connectivity index (χ1v) is 7.64. The lowest BCUT2D eigenvalue weighted by Crippen LogP contribution is -2.42. The standard InChI is InChI=1S/C17H24N2O.CH4/c1-20-19-11-10-14-4-2-3-5-16(14)17(19)12-13-6-8-15(18)9-7-13;/h6-9,17H,2-5,10-12,18H2,1H3;1H4/t17-;/m0./s1. The highest BCUT2D eigenvalue weighted by atomic mass is 16.7. The van der Waals surface area contributed by atoms with Gasteiger partial charge in [-0.15, -0.1) is 0 Å². The molecule has 0 aromatic heterocycles. The summed E-state index contributed by atoms with van der Waals surface area (Å²) in [6, 6.07) is 8.67. The SMILES string of the molecule is C.CON1CCC2=C(CCCC2)[C@@H]1Cc1ccc(N)cc1. The first-order chi connectivity index (χ1) is 9.78. The van der Waals surface area contributed by atoms with E-state index in [1.54, 1.807) is 18.3 Å². The molecule has 1 aliphatic carbocycles. The number of hydrogen-bond donors (Lipinski definition) is 1. The van der Waals surface area contributed by atoms with E-state index in [4.69, 9.17) is 10.6 Å². The summed E-state index contributed by atoms with van der Waals surface area (Å²) in [6.07, 6.45) is 7.43. The molecule has 2 N–H and O–H groups in total. The second-order valence-electron chi connectivity index (χ2n) is 5.87. The quantitative estimate of drug-likeness (QED) is 0.676. The highest BCUT2D eigenvalue weighted by Crippen LogP contribution is 2.36. The minimum Gasteiger partial charge on any atom is -0.399 e. The van der Waals surface area contributed by atoms with Gasteiger partial charge in [0.1, 0.15) is 0 Å². The molecule has 0 fully saturated rings. The maximum Gasteiger partial charge on any atom is 0.0604 e. The average Bonchev–Trinajstić information content (AvgIpc) is 2.50. The van der Waals surface area contributed by atoms with Crippen molar-refractivity contribution in [3.05, 3.63) is 41.0 Å². The fourth-order valence-corrected chi connectivity index (χ4v) is 3.57. The maximum absolute atomic E-state index is 5.78. The lowest BCUT2D eigenvalue weighted by molar-refractivity contribution is -0.157. The van der Waals surface area contributed by atoms with Gasteiger partial charge in [0.15, 0.2) is 0 Å². The third kappa shape index (κ3) is 3.47. The van der Waals surface area contributed by atoms with Gasteiger partial charge in [0.2, 0.25) is 0 Å². The van der Waals surface area contributed by atoms with Crippen LogP contribution in [0.5, 0.6) is 0 Å². The van der Waals surface area contributed by atoms with Gasteiger partial charge in [-0.3, -0.25) is 0 Å². The van der Waals surface area contributed by atoms with E-state index < -0.39 is 0 Å². The number of nitrogen functional groups attached to an aromatic ring is 1. The van der Waals surface area contributed by atoms with Gasteiger partial charge in [-0.2, -0.15) is 5.06 Å². The predicted octanol–water partition coefficient (Wildman–Crippen LogP) is 3.95. The summed E-state index contributed by atoms with van der Waals surface area (Å²) in [6.45, 7) is 1.02. The fourth-order valence-electron chi connectivity index (χ4n) is 3.57. The lowest BCUT2D eigenvalue weighted by Gasteiger charge is -2.39. The van der Waals surface area contributed by atoms with Crippen molar-refractivity contribution in [2.75, 3.05) is 19.4 Å². The zero-order valence-corrected chi connectivity index (χ0v) is 12.3. The van der Waals surface area contributed by atoms with Crippen molar-refractivity contribution in [2.45, 2.75) is 52.0 Å². The van der Waals surface area contributed by atoms with E-state index >= 15 is 0 Å². The van der Waals surface area contributed by atoms with Gasteiger partial charge in [-0.05, 0) is 56.2 Å². The summed E-state index contributed by atoms with van der Waals surface area (Å²) in [7, 11) is 1.80. The second-order valence-corrected chi connectivity index (χ2v) is 5.87. The molecule has 116 valence electrons. The molecule has 3 heteroatoms. The van der Waals surface area contributed by atoms with Gasteiger partial charge in [0.25, 0.3) is 0 Å². The Hall–Kier alpha value is -1.32. The van der Waals surface area contributed by atoms with Crippen LogP contribution in [-0.2, 0) is 11.3 Å². The van der Waals surface area contributed by atoms with Gasteiger partial charge in [-0.25, -0.2) is 0 Å². The number of benzene rings is 1. The molecule has 0 amide bonds. The van der Waals surface area contributed by atoms with Crippen molar-refractivity contribution in [1.29, 1.82) is 0 Å². The molecule has 0 radical (unpaired) electrons. The monoisotopic (exact) mass is 288 g/mol. The third-order valence-electron chi connectivity index (χ3n) is 4.66. The van der Waals surface area contributed by atoms with E-state index in [0.717, 1.165) is 18.7 Å². The molecule has 0 saturated carbocycles. The Morgan fingerprint density at radius 1 is 1.14 bits per heavy atom.